The lowest BCUT2D eigenvalue weighted by Crippen LogP contribution is -2.06. The van der Waals surface area contributed by atoms with Crippen LogP contribution in [0.2, 0.25) is 0 Å². The summed E-state index contributed by atoms with van der Waals surface area (Å²) in [5.41, 5.74) is 6.56. The number of carbonyl (C=O) groups is 1. The number of Topliss-reactive ketones (excluding diaryl/α,β-unsaturated/α-hetero) is 1. The molecule has 0 aliphatic heterocycles. The van der Waals surface area contributed by atoms with Crippen LogP contribution in [0.5, 0.6) is 0 Å². The van der Waals surface area contributed by atoms with Crippen LogP contribution in [0.4, 0.5) is 0 Å². The Balaban J connectivity index is 2.13. The number of terminal acetylenes is 1. The highest BCUT2D eigenvalue weighted by atomic mass is 16.1. The van der Waals surface area contributed by atoms with Crippen molar-refractivity contribution < 1.29 is 4.79 Å². The summed E-state index contributed by atoms with van der Waals surface area (Å²) in [6, 6.07) is 10.2. The van der Waals surface area contributed by atoms with E-state index in [0.717, 1.165) is 59.3 Å². The van der Waals surface area contributed by atoms with E-state index in [0.29, 0.717) is 5.57 Å². The quantitative estimate of drug-likeness (QED) is 0.274. The van der Waals surface area contributed by atoms with Crippen LogP contribution in [0.15, 0.2) is 35.9 Å². The van der Waals surface area contributed by atoms with Gasteiger partial charge in [-0.25, -0.2) is 0 Å². The number of fused-ring (bicyclic) bond motifs is 1. The zero-order chi connectivity index (χ0) is 21.1. The number of aryl methyl sites for hydroxylation is 2. The van der Waals surface area contributed by atoms with Crippen LogP contribution in [-0.2, 0) is 13.1 Å². The van der Waals surface area contributed by atoms with E-state index in [1.807, 2.05) is 31.2 Å². The van der Waals surface area contributed by atoms with Gasteiger partial charge in [0.15, 0.2) is 0 Å². The first-order chi connectivity index (χ1) is 13.9. The van der Waals surface area contributed by atoms with Crippen LogP contribution >= 0.6 is 0 Å². The van der Waals surface area contributed by atoms with Crippen LogP contribution in [0.25, 0.3) is 17.0 Å². The topological polar surface area (TPSA) is 26.9 Å². The van der Waals surface area contributed by atoms with E-state index >= 15 is 0 Å². The van der Waals surface area contributed by atoms with E-state index in [1.165, 1.54) is 5.69 Å². The van der Waals surface area contributed by atoms with Crippen LogP contribution in [-0.4, -0.2) is 14.9 Å². The number of allylic oxidation sites excluding steroid dienone is 1. The van der Waals surface area contributed by atoms with Gasteiger partial charge in [-0.15, -0.1) is 6.42 Å². The standard InChI is InChI=1S/C26H30N2O/c1-7-14-27-18(4)16-22(19(27)5)17-21(9-3)26(29)25-20(6)28(15-8-2)24-13-11-10-12-23(24)25/h3,10-13,16-17H,7-8,14-15H2,1-2,4-6H3/b21-17+. The van der Waals surface area contributed by atoms with Crippen LogP contribution < -0.4 is 0 Å². The van der Waals surface area contributed by atoms with Gasteiger partial charge >= 0.3 is 0 Å². The molecule has 0 aliphatic rings. The molecule has 1 aromatic carbocycles. The number of rotatable bonds is 7. The minimum Gasteiger partial charge on any atom is -0.349 e. The molecule has 0 N–H and O–H groups in total. The Morgan fingerprint density at radius 1 is 1.03 bits per heavy atom. The van der Waals surface area contributed by atoms with Crippen LogP contribution in [0, 0.1) is 33.1 Å². The average Bonchev–Trinajstić information content (AvgIpc) is 3.14. The molecule has 3 heteroatoms. The SMILES string of the molecule is C#C/C(=C\c1cc(C)n(CCC)c1C)C(=O)c1c(C)n(CCC)c2ccccc12. The lowest BCUT2D eigenvalue weighted by atomic mass is 9.99. The van der Waals surface area contributed by atoms with Crippen molar-refractivity contribution in [2.24, 2.45) is 0 Å². The molecule has 29 heavy (non-hydrogen) atoms. The van der Waals surface area contributed by atoms with Gasteiger partial charge < -0.3 is 9.13 Å². The lowest BCUT2D eigenvalue weighted by molar-refractivity contribution is 0.104. The number of nitrogens with zero attached hydrogens (tertiary/aromatic N) is 2. The zero-order valence-corrected chi connectivity index (χ0v) is 18.2. The summed E-state index contributed by atoms with van der Waals surface area (Å²) >= 11 is 0. The lowest BCUT2D eigenvalue weighted by Gasteiger charge is -2.07. The Bertz CT molecular complexity index is 1130. The fourth-order valence-electron chi connectivity index (χ4n) is 4.23. The fourth-order valence-corrected chi connectivity index (χ4v) is 4.23. The molecule has 0 saturated carbocycles. The first-order valence-corrected chi connectivity index (χ1v) is 10.4. The summed E-state index contributed by atoms with van der Waals surface area (Å²) in [4.78, 5) is 13.5. The first-order valence-electron chi connectivity index (χ1n) is 10.4. The molecule has 3 aromatic rings. The number of hydrogen-bond donors (Lipinski definition) is 0. The van der Waals surface area contributed by atoms with Gasteiger partial charge in [0.1, 0.15) is 0 Å². The van der Waals surface area contributed by atoms with Gasteiger partial charge in [0.2, 0.25) is 5.78 Å². The summed E-state index contributed by atoms with van der Waals surface area (Å²) in [6.07, 6.45) is 9.77. The molecule has 0 saturated heterocycles. The molecule has 0 amide bonds. The molecular weight excluding hydrogens is 356 g/mol. The predicted molar refractivity (Wildman–Crippen MR) is 122 cm³/mol. The van der Waals surface area contributed by atoms with Crippen LogP contribution in [0.1, 0.15) is 59.7 Å². The van der Waals surface area contributed by atoms with Crippen molar-refractivity contribution in [1.82, 2.24) is 9.13 Å². The number of carbonyl (C=O) groups excluding carboxylic acids is 1. The Hall–Kier alpha value is -2.99. The number of para-hydroxylation sites is 1. The van der Waals surface area contributed by atoms with E-state index in [4.69, 9.17) is 6.42 Å². The molecule has 2 heterocycles. The highest BCUT2D eigenvalue weighted by molar-refractivity contribution is 6.21. The van der Waals surface area contributed by atoms with E-state index in [-0.39, 0.29) is 5.78 Å². The number of ketones is 1. The molecular formula is C26H30N2O. The Kier molecular flexibility index (Phi) is 6.13. The van der Waals surface area contributed by atoms with Gasteiger partial charge in [-0.3, -0.25) is 4.79 Å². The Labute approximate surface area is 174 Å². The third kappa shape index (κ3) is 3.68. The fraction of sp³-hybridized carbons (Fsp3) is 0.346. The number of benzene rings is 1. The van der Waals surface area contributed by atoms with Gasteiger partial charge in [0, 0.05) is 41.1 Å². The molecule has 0 spiro atoms. The second-order valence-electron chi connectivity index (χ2n) is 7.64. The summed E-state index contributed by atoms with van der Waals surface area (Å²) in [5.74, 6) is 2.59. The van der Waals surface area contributed by atoms with Gasteiger partial charge in [-0.2, -0.15) is 0 Å². The molecule has 0 fully saturated rings. The normalized spacial score (nSPS) is 11.8. The Morgan fingerprint density at radius 2 is 1.69 bits per heavy atom. The minimum atomic E-state index is -0.0728. The second-order valence-corrected chi connectivity index (χ2v) is 7.64. The van der Waals surface area contributed by atoms with Crippen molar-refractivity contribution in [1.29, 1.82) is 0 Å². The highest BCUT2D eigenvalue weighted by Crippen LogP contribution is 2.29. The maximum Gasteiger partial charge on any atom is 0.203 e. The molecule has 3 rings (SSSR count). The Morgan fingerprint density at radius 3 is 2.34 bits per heavy atom. The second kappa shape index (κ2) is 8.57. The number of hydrogen-bond acceptors (Lipinski definition) is 1. The van der Waals surface area contributed by atoms with E-state index in [9.17, 15) is 4.79 Å². The third-order valence-corrected chi connectivity index (χ3v) is 5.67. The summed E-state index contributed by atoms with van der Waals surface area (Å²) < 4.78 is 4.51. The third-order valence-electron chi connectivity index (χ3n) is 5.67. The molecule has 0 radical (unpaired) electrons. The van der Waals surface area contributed by atoms with Crippen LogP contribution in [0.3, 0.4) is 0 Å². The summed E-state index contributed by atoms with van der Waals surface area (Å²) in [6.45, 7) is 12.4. The molecule has 0 atom stereocenters. The molecule has 0 unspecified atom stereocenters. The first kappa shape index (κ1) is 20.7. The maximum atomic E-state index is 13.5. The smallest absolute Gasteiger partial charge is 0.203 e. The molecule has 0 bridgehead atoms. The van der Waals surface area contributed by atoms with Gasteiger partial charge in [0.25, 0.3) is 0 Å². The van der Waals surface area contributed by atoms with Gasteiger partial charge in [-0.05, 0) is 57.4 Å². The van der Waals surface area contributed by atoms with Crippen molar-refractivity contribution in [3.63, 3.8) is 0 Å². The van der Waals surface area contributed by atoms with E-state index in [2.05, 4.69) is 54.9 Å². The minimum absolute atomic E-state index is 0.0728. The largest absolute Gasteiger partial charge is 0.349 e. The van der Waals surface area contributed by atoms with Crippen molar-refractivity contribution in [3.05, 3.63) is 64.1 Å². The number of aromatic nitrogens is 2. The highest BCUT2D eigenvalue weighted by Gasteiger charge is 2.22. The predicted octanol–water partition coefficient (Wildman–Crippen LogP) is 6.09. The molecule has 2 aromatic heterocycles. The summed E-state index contributed by atoms with van der Waals surface area (Å²) in [5, 5.41) is 0.973. The average molecular weight is 387 g/mol. The van der Waals surface area contributed by atoms with Crippen molar-refractivity contribution >= 4 is 22.8 Å². The molecule has 0 aliphatic carbocycles. The zero-order valence-electron chi connectivity index (χ0n) is 18.2. The molecule has 3 nitrogen and oxygen atoms in total. The van der Waals surface area contributed by atoms with Crippen molar-refractivity contribution in [3.8, 4) is 12.3 Å². The van der Waals surface area contributed by atoms with E-state index in [1.54, 1.807) is 0 Å². The van der Waals surface area contributed by atoms with Gasteiger partial charge in [-0.1, -0.05) is 38.0 Å². The van der Waals surface area contributed by atoms with Gasteiger partial charge in [0.05, 0.1) is 11.1 Å². The monoisotopic (exact) mass is 386 g/mol. The maximum absolute atomic E-state index is 13.5. The van der Waals surface area contributed by atoms with Crippen molar-refractivity contribution in [2.45, 2.75) is 60.5 Å². The van der Waals surface area contributed by atoms with E-state index < -0.39 is 0 Å². The van der Waals surface area contributed by atoms with Crippen molar-refractivity contribution in [2.75, 3.05) is 0 Å². The summed E-state index contributed by atoms with van der Waals surface area (Å²) in [7, 11) is 0. The molecule has 150 valence electrons.